The zero-order valence-electron chi connectivity index (χ0n) is 8.53. The van der Waals surface area contributed by atoms with Crippen LogP contribution in [-0.4, -0.2) is 17.8 Å². The normalized spacial score (nSPS) is 11.8. The highest BCUT2D eigenvalue weighted by molar-refractivity contribution is 7.99. The average molecular weight is 244 g/mol. The van der Waals surface area contributed by atoms with E-state index in [4.69, 9.17) is 23.1 Å². The van der Waals surface area contributed by atoms with Gasteiger partial charge in [0.15, 0.2) is 0 Å². The summed E-state index contributed by atoms with van der Waals surface area (Å²) in [5.41, 5.74) is 12.9. The largest absolute Gasteiger partial charge is 0.386 e. The van der Waals surface area contributed by atoms with E-state index in [0.717, 1.165) is 17.0 Å². The fraction of sp³-hybridized carbons (Fsp3) is 0.300. The van der Waals surface area contributed by atoms with Gasteiger partial charge >= 0.3 is 0 Å². The first-order valence-corrected chi connectivity index (χ1v) is 6.25. The van der Waals surface area contributed by atoms with Crippen molar-refractivity contribution in [1.29, 1.82) is 0 Å². The summed E-state index contributed by atoms with van der Waals surface area (Å²) < 4.78 is 0. The van der Waals surface area contributed by atoms with Crippen molar-refractivity contribution < 1.29 is 0 Å². The molecule has 0 amide bonds. The van der Waals surface area contributed by atoms with Crippen LogP contribution in [0.25, 0.3) is 0 Å². The molecule has 0 heterocycles. The van der Waals surface area contributed by atoms with Crippen LogP contribution in [0, 0.1) is 0 Å². The Hall–Kier alpha value is -0.710. The van der Waals surface area contributed by atoms with Crippen molar-refractivity contribution in [2.45, 2.75) is 6.54 Å². The Balaban J connectivity index is 2.91. The lowest BCUT2D eigenvalue weighted by molar-refractivity contribution is 1.07. The predicted octanol–water partition coefficient (Wildman–Crippen LogP) is 2.15. The third-order valence-corrected chi connectivity index (χ3v) is 2.77. The van der Waals surface area contributed by atoms with Crippen LogP contribution in [0.4, 0.5) is 5.69 Å². The van der Waals surface area contributed by atoms with Crippen molar-refractivity contribution >= 4 is 34.9 Å². The molecule has 0 aliphatic heterocycles. The summed E-state index contributed by atoms with van der Waals surface area (Å²) in [6, 6.07) is 5.47. The third-order valence-electron chi connectivity index (χ3n) is 1.81. The summed E-state index contributed by atoms with van der Waals surface area (Å²) in [5.74, 6) is 1.33. The van der Waals surface area contributed by atoms with Gasteiger partial charge in [-0.1, -0.05) is 11.6 Å². The van der Waals surface area contributed by atoms with Gasteiger partial charge in [0.05, 0.1) is 11.4 Å². The van der Waals surface area contributed by atoms with E-state index in [-0.39, 0.29) is 0 Å². The zero-order valence-corrected chi connectivity index (χ0v) is 10.1. The Kier molecular flexibility index (Phi) is 4.94. The van der Waals surface area contributed by atoms with Crippen LogP contribution < -0.4 is 11.5 Å². The van der Waals surface area contributed by atoms with E-state index in [0.29, 0.717) is 17.4 Å². The van der Waals surface area contributed by atoms with Gasteiger partial charge < -0.3 is 11.5 Å². The van der Waals surface area contributed by atoms with Crippen molar-refractivity contribution in [2.24, 2.45) is 16.5 Å². The molecule has 82 valence electrons. The summed E-state index contributed by atoms with van der Waals surface area (Å²) in [6.07, 6.45) is 1.98. The van der Waals surface area contributed by atoms with Crippen LogP contribution in [-0.2, 0) is 6.54 Å². The first-order valence-electron chi connectivity index (χ1n) is 4.48. The molecule has 0 bridgehead atoms. The maximum absolute atomic E-state index is 5.93. The van der Waals surface area contributed by atoms with E-state index in [1.54, 1.807) is 17.8 Å². The maximum atomic E-state index is 5.93. The van der Waals surface area contributed by atoms with Gasteiger partial charge in [0, 0.05) is 11.6 Å². The number of halogens is 1. The molecule has 4 N–H and O–H groups in total. The van der Waals surface area contributed by atoms with E-state index >= 15 is 0 Å². The Labute approximate surface area is 98.9 Å². The Morgan fingerprint density at radius 1 is 1.53 bits per heavy atom. The molecule has 0 radical (unpaired) electrons. The van der Waals surface area contributed by atoms with E-state index in [9.17, 15) is 0 Å². The SMILES string of the molecule is CSCC(N)=Nc1ccc(Cl)c(CN)c1. The first kappa shape index (κ1) is 12.4. The quantitative estimate of drug-likeness (QED) is 0.629. The molecule has 0 atom stereocenters. The van der Waals surface area contributed by atoms with Gasteiger partial charge in [-0.25, -0.2) is 4.99 Å². The number of nitrogens with zero attached hydrogens (tertiary/aromatic N) is 1. The van der Waals surface area contributed by atoms with Gasteiger partial charge in [-0.05, 0) is 30.0 Å². The van der Waals surface area contributed by atoms with Crippen molar-refractivity contribution in [1.82, 2.24) is 0 Å². The van der Waals surface area contributed by atoms with Crippen LogP contribution >= 0.6 is 23.4 Å². The van der Waals surface area contributed by atoms with Crippen molar-refractivity contribution in [3.63, 3.8) is 0 Å². The van der Waals surface area contributed by atoms with Gasteiger partial charge in [-0.15, -0.1) is 0 Å². The second kappa shape index (κ2) is 6.00. The first-order chi connectivity index (χ1) is 7.17. The molecule has 5 heteroatoms. The molecule has 0 aliphatic rings. The number of hydrogen-bond acceptors (Lipinski definition) is 3. The molecule has 0 aromatic heterocycles. The Morgan fingerprint density at radius 2 is 2.27 bits per heavy atom. The molecule has 0 unspecified atom stereocenters. The van der Waals surface area contributed by atoms with E-state index < -0.39 is 0 Å². The van der Waals surface area contributed by atoms with Gasteiger partial charge in [0.2, 0.25) is 0 Å². The number of aliphatic imine (C=N–C) groups is 1. The fourth-order valence-corrected chi connectivity index (χ4v) is 1.69. The van der Waals surface area contributed by atoms with Gasteiger partial charge in [-0.2, -0.15) is 11.8 Å². The molecule has 3 nitrogen and oxygen atoms in total. The molecule has 1 aromatic rings. The number of nitrogens with two attached hydrogens (primary N) is 2. The molecule has 0 fully saturated rings. The predicted molar refractivity (Wildman–Crippen MR) is 69.0 cm³/mol. The highest BCUT2D eigenvalue weighted by atomic mass is 35.5. The zero-order chi connectivity index (χ0) is 11.3. The number of rotatable bonds is 4. The smallest absolute Gasteiger partial charge is 0.110 e. The van der Waals surface area contributed by atoms with E-state index in [2.05, 4.69) is 4.99 Å². The average Bonchev–Trinajstić information content (AvgIpc) is 2.21. The van der Waals surface area contributed by atoms with E-state index in [1.807, 2.05) is 18.4 Å². The van der Waals surface area contributed by atoms with Crippen molar-refractivity contribution in [2.75, 3.05) is 12.0 Å². The second-order valence-electron chi connectivity index (χ2n) is 3.02. The number of hydrogen-bond donors (Lipinski definition) is 2. The van der Waals surface area contributed by atoms with E-state index in [1.165, 1.54) is 0 Å². The second-order valence-corrected chi connectivity index (χ2v) is 4.29. The van der Waals surface area contributed by atoms with Crippen LogP contribution in [0.5, 0.6) is 0 Å². The number of amidine groups is 1. The Bertz CT molecular complexity index is 366. The van der Waals surface area contributed by atoms with Crippen LogP contribution in [0.2, 0.25) is 5.02 Å². The van der Waals surface area contributed by atoms with Gasteiger partial charge in [0.1, 0.15) is 5.84 Å². The van der Waals surface area contributed by atoms with Crippen LogP contribution in [0.15, 0.2) is 23.2 Å². The summed E-state index contributed by atoms with van der Waals surface area (Å²) in [4.78, 5) is 4.26. The molecule has 1 rings (SSSR count). The fourth-order valence-electron chi connectivity index (χ4n) is 1.13. The highest BCUT2D eigenvalue weighted by Crippen LogP contribution is 2.22. The summed E-state index contributed by atoms with van der Waals surface area (Å²) in [5, 5.41) is 0.667. The monoisotopic (exact) mass is 243 g/mol. The minimum absolute atomic E-state index is 0.407. The van der Waals surface area contributed by atoms with Crippen LogP contribution in [0.3, 0.4) is 0 Å². The van der Waals surface area contributed by atoms with Gasteiger partial charge in [0.25, 0.3) is 0 Å². The maximum Gasteiger partial charge on any atom is 0.110 e. The standard InChI is InChI=1S/C10H14ClN3S/c1-15-6-10(13)14-8-2-3-9(11)7(4-8)5-12/h2-4H,5-6,12H2,1H3,(H2,13,14). The molecule has 1 aromatic carbocycles. The lowest BCUT2D eigenvalue weighted by Crippen LogP contribution is -2.13. The molecular weight excluding hydrogens is 230 g/mol. The minimum atomic E-state index is 0.407. The molecular formula is C10H14ClN3S. The number of benzene rings is 1. The molecule has 0 aliphatic carbocycles. The summed E-state index contributed by atoms with van der Waals surface area (Å²) in [6.45, 7) is 0.407. The number of thioether (sulfide) groups is 1. The van der Waals surface area contributed by atoms with Crippen LogP contribution in [0.1, 0.15) is 5.56 Å². The lowest BCUT2D eigenvalue weighted by atomic mass is 10.2. The highest BCUT2D eigenvalue weighted by Gasteiger charge is 2.00. The lowest BCUT2D eigenvalue weighted by Gasteiger charge is -2.03. The summed E-state index contributed by atoms with van der Waals surface area (Å²) >= 11 is 7.57. The summed E-state index contributed by atoms with van der Waals surface area (Å²) in [7, 11) is 0. The van der Waals surface area contributed by atoms with Crippen molar-refractivity contribution in [3.8, 4) is 0 Å². The third kappa shape index (κ3) is 3.74. The molecule has 0 spiro atoms. The van der Waals surface area contributed by atoms with Crippen molar-refractivity contribution in [3.05, 3.63) is 28.8 Å². The molecule has 0 saturated heterocycles. The minimum Gasteiger partial charge on any atom is -0.386 e. The molecule has 0 saturated carbocycles. The molecule has 15 heavy (non-hydrogen) atoms. The Morgan fingerprint density at radius 3 is 2.87 bits per heavy atom. The van der Waals surface area contributed by atoms with Gasteiger partial charge in [-0.3, -0.25) is 0 Å². The topological polar surface area (TPSA) is 64.4 Å².